The van der Waals surface area contributed by atoms with E-state index in [2.05, 4.69) is 28.9 Å². The summed E-state index contributed by atoms with van der Waals surface area (Å²) in [6.45, 7) is 6.31. The van der Waals surface area contributed by atoms with Gasteiger partial charge in [-0.2, -0.15) is 0 Å². The van der Waals surface area contributed by atoms with Crippen LogP contribution >= 0.6 is 15.9 Å². The summed E-state index contributed by atoms with van der Waals surface area (Å²) in [5.74, 6) is -0.292. The Balaban J connectivity index is 2.96. The minimum atomic E-state index is -0.176. The minimum absolute atomic E-state index is 0.127. The molecule has 3 heteroatoms. The third-order valence-electron chi connectivity index (χ3n) is 2.76. The molecule has 2 atom stereocenters. The van der Waals surface area contributed by atoms with Gasteiger partial charge in [0, 0.05) is 10.7 Å². The molecule has 1 aliphatic carbocycles. The van der Waals surface area contributed by atoms with E-state index in [-0.39, 0.29) is 17.3 Å². The van der Waals surface area contributed by atoms with Crippen molar-refractivity contribution in [3.63, 3.8) is 0 Å². The van der Waals surface area contributed by atoms with E-state index in [1.807, 2.05) is 26.0 Å². The lowest BCUT2D eigenvalue weighted by molar-refractivity contribution is -0.149. The first-order valence-electron chi connectivity index (χ1n) is 5.13. The topological polar surface area (TPSA) is 26.3 Å². The smallest absolute Gasteiger partial charge is 0.313 e. The molecule has 1 aliphatic rings. The summed E-state index contributed by atoms with van der Waals surface area (Å²) >= 11 is 3.47. The molecule has 2 unspecified atom stereocenters. The summed E-state index contributed by atoms with van der Waals surface area (Å²) in [5.41, 5.74) is 0.892. The third-order valence-corrected chi connectivity index (χ3v) is 3.97. The molecule has 0 fully saturated rings. The molecule has 0 spiro atoms. The zero-order valence-electron chi connectivity index (χ0n) is 9.42. The van der Waals surface area contributed by atoms with E-state index in [4.69, 9.17) is 4.74 Å². The van der Waals surface area contributed by atoms with E-state index in [1.165, 1.54) is 0 Å². The normalized spacial score (nSPS) is 29.9. The van der Waals surface area contributed by atoms with Crippen molar-refractivity contribution < 1.29 is 9.53 Å². The van der Waals surface area contributed by atoms with E-state index in [9.17, 15) is 4.79 Å². The monoisotopic (exact) mass is 272 g/mol. The molecule has 0 saturated heterocycles. The maximum atomic E-state index is 11.9. The highest BCUT2D eigenvalue weighted by molar-refractivity contribution is 9.09. The van der Waals surface area contributed by atoms with Crippen molar-refractivity contribution in [2.75, 3.05) is 11.9 Å². The molecule has 0 amide bonds. The van der Waals surface area contributed by atoms with Gasteiger partial charge in [0.05, 0.1) is 12.5 Å². The highest BCUT2D eigenvalue weighted by Gasteiger charge is 2.39. The fraction of sp³-hybridized carbons (Fsp3) is 0.583. The Morgan fingerprint density at radius 1 is 1.67 bits per heavy atom. The number of ether oxygens (including phenoxy) is 1. The van der Waals surface area contributed by atoms with Crippen LogP contribution in [0, 0.1) is 11.3 Å². The maximum Gasteiger partial charge on any atom is 0.313 e. The molecule has 0 N–H and O–H groups in total. The average Bonchev–Trinajstić information content (AvgIpc) is 2.18. The molecule has 84 valence electrons. The van der Waals surface area contributed by atoms with Gasteiger partial charge in [-0.05, 0) is 13.8 Å². The molecule has 0 bridgehead atoms. The highest BCUT2D eigenvalue weighted by Crippen LogP contribution is 2.39. The molecule has 15 heavy (non-hydrogen) atoms. The average molecular weight is 273 g/mol. The zero-order chi connectivity index (χ0) is 11.5. The Morgan fingerprint density at radius 3 is 2.87 bits per heavy atom. The number of hydrogen-bond donors (Lipinski definition) is 0. The van der Waals surface area contributed by atoms with Crippen molar-refractivity contribution in [1.82, 2.24) is 0 Å². The number of hydrogen-bond acceptors (Lipinski definition) is 2. The predicted octanol–water partition coefficient (Wildman–Crippen LogP) is 3.08. The van der Waals surface area contributed by atoms with E-state index in [0.29, 0.717) is 6.61 Å². The summed E-state index contributed by atoms with van der Waals surface area (Å²) in [5, 5.41) is 0.755. The SMILES string of the molecule is CCOC(=O)C1C(C)=CC=CC1(C)CBr. The Hall–Kier alpha value is -0.570. The van der Waals surface area contributed by atoms with E-state index < -0.39 is 0 Å². The van der Waals surface area contributed by atoms with Crippen LogP contribution in [-0.4, -0.2) is 17.9 Å². The molecule has 1 rings (SSSR count). The molecule has 0 aromatic rings. The lowest BCUT2D eigenvalue weighted by Crippen LogP contribution is -2.36. The second-order valence-corrected chi connectivity index (χ2v) is 4.66. The Bertz CT molecular complexity index is 307. The summed E-state index contributed by atoms with van der Waals surface area (Å²) in [6, 6.07) is 0. The van der Waals surface area contributed by atoms with Gasteiger partial charge in [0.1, 0.15) is 0 Å². The fourth-order valence-electron chi connectivity index (χ4n) is 1.93. The van der Waals surface area contributed by atoms with Crippen LogP contribution in [0.25, 0.3) is 0 Å². The van der Waals surface area contributed by atoms with Crippen LogP contribution in [0.15, 0.2) is 23.8 Å². The number of carbonyl (C=O) groups is 1. The molecular formula is C12H17BrO2. The van der Waals surface area contributed by atoms with Crippen LogP contribution in [0.2, 0.25) is 0 Å². The van der Waals surface area contributed by atoms with Gasteiger partial charge in [-0.25, -0.2) is 0 Å². The van der Waals surface area contributed by atoms with Gasteiger partial charge in [-0.3, -0.25) is 4.79 Å². The first kappa shape index (κ1) is 12.5. The van der Waals surface area contributed by atoms with Gasteiger partial charge in [0.25, 0.3) is 0 Å². The van der Waals surface area contributed by atoms with Crippen molar-refractivity contribution in [3.05, 3.63) is 23.8 Å². The highest BCUT2D eigenvalue weighted by atomic mass is 79.9. The minimum Gasteiger partial charge on any atom is -0.466 e. The second-order valence-electron chi connectivity index (χ2n) is 4.09. The fourth-order valence-corrected chi connectivity index (χ4v) is 2.45. The van der Waals surface area contributed by atoms with Crippen LogP contribution in [0.3, 0.4) is 0 Å². The van der Waals surface area contributed by atoms with Gasteiger partial charge in [-0.1, -0.05) is 46.7 Å². The lowest BCUT2D eigenvalue weighted by Gasteiger charge is -2.34. The van der Waals surface area contributed by atoms with Crippen molar-refractivity contribution in [2.24, 2.45) is 11.3 Å². The summed E-state index contributed by atoms with van der Waals surface area (Å²) in [6.07, 6.45) is 6.05. The van der Waals surface area contributed by atoms with Gasteiger partial charge in [0.15, 0.2) is 0 Å². The number of carbonyl (C=O) groups excluding carboxylic acids is 1. The summed E-state index contributed by atoms with van der Waals surface area (Å²) in [4.78, 5) is 11.9. The van der Waals surface area contributed by atoms with Crippen molar-refractivity contribution in [3.8, 4) is 0 Å². The maximum absolute atomic E-state index is 11.9. The van der Waals surface area contributed by atoms with Crippen LogP contribution in [0.1, 0.15) is 20.8 Å². The van der Waals surface area contributed by atoms with Gasteiger partial charge < -0.3 is 4.74 Å². The Kier molecular flexibility index (Phi) is 4.14. The third kappa shape index (κ3) is 2.51. The van der Waals surface area contributed by atoms with Gasteiger partial charge >= 0.3 is 5.97 Å². The molecule has 0 saturated carbocycles. The van der Waals surface area contributed by atoms with E-state index in [1.54, 1.807) is 0 Å². The molecule has 0 aromatic heterocycles. The number of alkyl halides is 1. The van der Waals surface area contributed by atoms with Crippen molar-refractivity contribution in [2.45, 2.75) is 20.8 Å². The van der Waals surface area contributed by atoms with Crippen LogP contribution in [-0.2, 0) is 9.53 Å². The molecule has 0 aromatic carbocycles. The molecule has 0 heterocycles. The number of rotatable bonds is 3. The number of allylic oxidation sites excluding steroid dienone is 3. The largest absolute Gasteiger partial charge is 0.466 e. The van der Waals surface area contributed by atoms with E-state index >= 15 is 0 Å². The second kappa shape index (κ2) is 4.97. The molecular weight excluding hydrogens is 256 g/mol. The van der Waals surface area contributed by atoms with Crippen LogP contribution < -0.4 is 0 Å². The van der Waals surface area contributed by atoms with Crippen LogP contribution in [0.4, 0.5) is 0 Å². The summed E-state index contributed by atoms with van der Waals surface area (Å²) < 4.78 is 5.11. The standard InChI is InChI=1S/C12H17BrO2/c1-4-15-11(14)10-9(2)6-5-7-12(10,3)8-13/h5-7,10H,4,8H2,1-3H3. The quantitative estimate of drug-likeness (QED) is 0.583. The van der Waals surface area contributed by atoms with Gasteiger partial charge in [0.2, 0.25) is 0 Å². The number of halogens is 1. The molecule has 0 radical (unpaired) electrons. The lowest BCUT2D eigenvalue weighted by atomic mass is 9.72. The van der Waals surface area contributed by atoms with Crippen molar-refractivity contribution in [1.29, 1.82) is 0 Å². The summed E-state index contributed by atoms with van der Waals surface area (Å²) in [7, 11) is 0. The van der Waals surface area contributed by atoms with Crippen molar-refractivity contribution >= 4 is 21.9 Å². The van der Waals surface area contributed by atoms with E-state index in [0.717, 1.165) is 10.9 Å². The first-order chi connectivity index (χ1) is 7.05. The molecule has 2 nitrogen and oxygen atoms in total. The van der Waals surface area contributed by atoms with Crippen LogP contribution in [0.5, 0.6) is 0 Å². The van der Waals surface area contributed by atoms with Gasteiger partial charge in [-0.15, -0.1) is 0 Å². The predicted molar refractivity (Wildman–Crippen MR) is 64.9 cm³/mol. The molecule has 0 aliphatic heterocycles. The Labute approximate surface area is 99.5 Å². The zero-order valence-corrected chi connectivity index (χ0v) is 11.0. The Morgan fingerprint density at radius 2 is 2.33 bits per heavy atom. The first-order valence-corrected chi connectivity index (χ1v) is 6.26. The number of esters is 1.